The van der Waals surface area contributed by atoms with E-state index in [1.165, 1.54) is 0 Å². The molecule has 1 saturated heterocycles. The predicted octanol–water partition coefficient (Wildman–Crippen LogP) is -0.170. The summed E-state index contributed by atoms with van der Waals surface area (Å²) in [6.45, 7) is 3.18. The van der Waals surface area contributed by atoms with Crippen molar-refractivity contribution in [2.75, 3.05) is 33.4 Å². The molecule has 0 aliphatic carbocycles. The average molecular weight is 186 g/mol. The second-order valence-corrected chi connectivity index (χ2v) is 3.64. The molecule has 0 aromatic rings. The minimum absolute atomic E-state index is 0.231. The molecular formula is C9H18N2O2. The van der Waals surface area contributed by atoms with Gasteiger partial charge in [-0.25, -0.2) is 0 Å². The highest BCUT2D eigenvalue weighted by Crippen LogP contribution is 2.16. The number of methoxy groups -OCH3 is 1. The Labute approximate surface area is 79.0 Å². The van der Waals surface area contributed by atoms with Crippen molar-refractivity contribution in [1.82, 2.24) is 4.90 Å². The van der Waals surface area contributed by atoms with Crippen molar-refractivity contribution in [2.45, 2.75) is 12.8 Å². The van der Waals surface area contributed by atoms with Crippen molar-refractivity contribution >= 4 is 5.91 Å². The molecule has 4 heteroatoms. The lowest BCUT2D eigenvalue weighted by atomic mass is 9.98. The summed E-state index contributed by atoms with van der Waals surface area (Å²) >= 11 is 0. The topological polar surface area (TPSA) is 55.6 Å². The van der Waals surface area contributed by atoms with Crippen molar-refractivity contribution in [3.63, 3.8) is 0 Å². The molecule has 4 nitrogen and oxygen atoms in total. The van der Waals surface area contributed by atoms with Crippen molar-refractivity contribution in [3.05, 3.63) is 0 Å². The van der Waals surface area contributed by atoms with Crippen LogP contribution >= 0.6 is 0 Å². The number of piperidine rings is 1. The third-order valence-electron chi connectivity index (χ3n) is 2.49. The summed E-state index contributed by atoms with van der Waals surface area (Å²) in [5.41, 5.74) is 5.11. The zero-order chi connectivity index (χ0) is 9.68. The Kier molecular flexibility index (Phi) is 4.18. The van der Waals surface area contributed by atoms with Crippen LogP contribution in [0, 0.1) is 5.92 Å². The van der Waals surface area contributed by atoms with Crippen LogP contribution in [0.3, 0.4) is 0 Å². The summed E-state index contributed by atoms with van der Waals surface area (Å²) in [5.74, 6) is 0.430. The monoisotopic (exact) mass is 186 g/mol. The molecule has 76 valence electrons. The van der Waals surface area contributed by atoms with E-state index in [1.807, 2.05) is 0 Å². The van der Waals surface area contributed by atoms with Crippen molar-refractivity contribution in [3.8, 4) is 0 Å². The fourth-order valence-electron chi connectivity index (χ4n) is 1.77. The van der Waals surface area contributed by atoms with Crippen molar-refractivity contribution < 1.29 is 9.53 Å². The van der Waals surface area contributed by atoms with E-state index in [2.05, 4.69) is 4.90 Å². The summed E-state index contributed by atoms with van der Waals surface area (Å²) in [6, 6.07) is 0. The van der Waals surface area contributed by atoms with E-state index in [9.17, 15) is 4.79 Å². The molecule has 13 heavy (non-hydrogen) atoms. The van der Waals surface area contributed by atoms with Crippen LogP contribution in [0.15, 0.2) is 0 Å². The lowest BCUT2D eigenvalue weighted by Gasteiger charge is -2.30. The summed E-state index contributed by atoms with van der Waals surface area (Å²) in [6.07, 6.45) is 2.22. The Hall–Kier alpha value is -0.610. The summed E-state index contributed by atoms with van der Waals surface area (Å²) in [4.78, 5) is 12.7. The molecule has 1 amide bonds. The summed E-state index contributed by atoms with van der Waals surface area (Å²) in [7, 11) is 1.73. The largest absolute Gasteiger partial charge is 0.384 e. The number of carbonyl (C=O) groups excluding carboxylic acids is 1. The maximum Gasteiger partial charge on any atom is 0.231 e. The molecule has 1 fully saturated rings. The Morgan fingerprint density at radius 1 is 1.54 bits per heavy atom. The SMILES string of the molecule is COCC1CCN(CC(N)=O)CC1. The minimum atomic E-state index is -0.231. The van der Waals surface area contributed by atoms with Crippen molar-refractivity contribution in [1.29, 1.82) is 0 Å². The first-order valence-electron chi connectivity index (χ1n) is 4.72. The lowest BCUT2D eigenvalue weighted by molar-refractivity contribution is -0.119. The Morgan fingerprint density at radius 2 is 2.15 bits per heavy atom. The van der Waals surface area contributed by atoms with Gasteiger partial charge in [-0.1, -0.05) is 0 Å². The van der Waals surface area contributed by atoms with Gasteiger partial charge in [-0.2, -0.15) is 0 Å². The second-order valence-electron chi connectivity index (χ2n) is 3.64. The number of amides is 1. The Balaban J connectivity index is 2.18. The zero-order valence-corrected chi connectivity index (χ0v) is 8.16. The van der Waals surface area contributed by atoms with E-state index in [1.54, 1.807) is 7.11 Å². The lowest BCUT2D eigenvalue weighted by Crippen LogP contribution is -2.40. The third kappa shape index (κ3) is 3.74. The molecule has 0 radical (unpaired) electrons. The number of likely N-dealkylation sites (tertiary alicyclic amines) is 1. The smallest absolute Gasteiger partial charge is 0.231 e. The molecule has 0 aromatic heterocycles. The molecular weight excluding hydrogens is 168 g/mol. The molecule has 0 spiro atoms. The number of rotatable bonds is 4. The molecule has 0 unspecified atom stereocenters. The van der Waals surface area contributed by atoms with Gasteiger partial charge in [-0.05, 0) is 31.8 Å². The van der Waals surface area contributed by atoms with E-state index < -0.39 is 0 Å². The second kappa shape index (κ2) is 5.19. The van der Waals surface area contributed by atoms with Gasteiger partial charge in [-0.3, -0.25) is 9.69 Å². The highest BCUT2D eigenvalue weighted by atomic mass is 16.5. The van der Waals surface area contributed by atoms with Crippen LogP contribution in [0.1, 0.15) is 12.8 Å². The Morgan fingerprint density at radius 3 is 2.62 bits per heavy atom. The van der Waals surface area contributed by atoms with E-state index in [0.29, 0.717) is 12.5 Å². The summed E-state index contributed by atoms with van der Waals surface area (Å²) in [5, 5.41) is 0. The molecule has 1 heterocycles. The molecule has 1 aliphatic rings. The Bertz CT molecular complexity index is 165. The van der Waals surface area contributed by atoms with Crippen LogP contribution in [-0.2, 0) is 9.53 Å². The molecule has 2 N–H and O–H groups in total. The number of primary amides is 1. The van der Waals surface area contributed by atoms with Gasteiger partial charge in [0.15, 0.2) is 0 Å². The third-order valence-corrected chi connectivity index (χ3v) is 2.49. The van der Waals surface area contributed by atoms with E-state index in [4.69, 9.17) is 10.5 Å². The first-order valence-corrected chi connectivity index (χ1v) is 4.72. The van der Waals surface area contributed by atoms with Gasteiger partial charge in [0.1, 0.15) is 0 Å². The molecule has 0 aromatic carbocycles. The van der Waals surface area contributed by atoms with Gasteiger partial charge in [0, 0.05) is 13.7 Å². The van der Waals surface area contributed by atoms with Crippen molar-refractivity contribution in [2.24, 2.45) is 11.7 Å². The van der Waals surface area contributed by atoms with Crippen LogP contribution < -0.4 is 5.73 Å². The summed E-state index contributed by atoms with van der Waals surface area (Å²) < 4.78 is 5.09. The van der Waals surface area contributed by atoms with Crippen LogP contribution in [-0.4, -0.2) is 44.2 Å². The maximum atomic E-state index is 10.6. The highest BCUT2D eigenvalue weighted by Gasteiger charge is 2.19. The standard InChI is InChI=1S/C9H18N2O2/c1-13-7-8-2-4-11(5-3-8)6-9(10)12/h8H,2-7H2,1H3,(H2,10,12). The normalized spacial score (nSPS) is 20.4. The average Bonchev–Trinajstić information content (AvgIpc) is 2.08. The van der Waals surface area contributed by atoms with Gasteiger partial charge in [0.2, 0.25) is 5.91 Å². The number of hydrogen-bond donors (Lipinski definition) is 1. The number of nitrogens with zero attached hydrogens (tertiary/aromatic N) is 1. The molecule has 0 bridgehead atoms. The number of nitrogens with two attached hydrogens (primary N) is 1. The molecule has 1 rings (SSSR count). The van der Waals surface area contributed by atoms with Gasteiger partial charge in [0.05, 0.1) is 6.54 Å². The molecule has 0 saturated carbocycles. The van der Waals surface area contributed by atoms with Gasteiger partial charge in [-0.15, -0.1) is 0 Å². The van der Waals surface area contributed by atoms with E-state index in [-0.39, 0.29) is 5.91 Å². The number of ether oxygens (including phenoxy) is 1. The van der Waals surface area contributed by atoms with Crippen LogP contribution in [0.25, 0.3) is 0 Å². The quantitative estimate of drug-likeness (QED) is 0.663. The fraction of sp³-hybridized carbons (Fsp3) is 0.889. The fourth-order valence-corrected chi connectivity index (χ4v) is 1.77. The predicted molar refractivity (Wildman–Crippen MR) is 50.2 cm³/mol. The number of carbonyl (C=O) groups is 1. The minimum Gasteiger partial charge on any atom is -0.384 e. The number of hydrogen-bond acceptors (Lipinski definition) is 3. The van der Waals surface area contributed by atoms with E-state index >= 15 is 0 Å². The van der Waals surface area contributed by atoms with Crippen LogP contribution in [0.5, 0.6) is 0 Å². The first-order chi connectivity index (χ1) is 6.22. The van der Waals surface area contributed by atoms with Gasteiger partial charge in [0.25, 0.3) is 0 Å². The maximum absolute atomic E-state index is 10.6. The highest BCUT2D eigenvalue weighted by molar-refractivity contribution is 5.75. The van der Waals surface area contributed by atoms with E-state index in [0.717, 1.165) is 32.5 Å². The van der Waals surface area contributed by atoms with Crippen LogP contribution in [0.4, 0.5) is 0 Å². The van der Waals surface area contributed by atoms with Gasteiger partial charge >= 0.3 is 0 Å². The zero-order valence-electron chi connectivity index (χ0n) is 8.16. The van der Waals surface area contributed by atoms with Crippen LogP contribution in [0.2, 0.25) is 0 Å². The molecule has 1 aliphatic heterocycles. The van der Waals surface area contributed by atoms with Gasteiger partial charge < -0.3 is 10.5 Å². The molecule has 0 atom stereocenters. The first kappa shape index (κ1) is 10.5.